The van der Waals surface area contributed by atoms with Gasteiger partial charge in [-0.15, -0.1) is 0 Å². The van der Waals surface area contributed by atoms with Gasteiger partial charge in [0.25, 0.3) is 5.91 Å². The number of aliphatic hydroxyl groups is 1. The van der Waals surface area contributed by atoms with Gasteiger partial charge >= 0.3 is 0 Å². The van der Waals surface area contributed by atoms with Crippen molar-refractivity contribution >= 4 is 29.4 Å². The Kier molecular flexibility index (Phi) is 6.24. The van der Waals surface area contributed by atoms with Crippen LogP contribution in [0.2, 0.25) is 0 Å². The molecule has 1 saturated heterocycles. The number of allylic oxidation sites excluding steroid dienone is 1. The van der Waals surface area contributed by atoms with E-state index in [0.717, 1.165) is 18.3 Å². The Morgan fingerprint density at radius 2 is 2.12 bits per heavy atom. The predicted molar refractivity (Wildman–Crippen MR) is 87.1 cm³/mol. The third-order valence-corrected chi connectivity index (χ3v) is 3.92. The van der Waals surface area contributed by atoms with E-state index in [4.69, 9.17) is 17.0 Å². The molecule has 1 heterocycles. The van der Waals surface area contributed by atoms with Gasteiger partial charge in [-0.05, 0) is 12.1 Å². The number of benzene rings is 1. The molecule has 2 rings (SSSR count). The second-order valence-corrected chi connectivity index (χ2v) is 5.57. The average molecular weight is 359 g/mol. The van der Waals surface area contributed by atoms with Gasteiger partial charge in [0.1, 0.15) is 16.7 Å². The molecule has 1 atom stereocenters. The van der Waals surface area contributed by atoms with Crippen LogP contribution < -0.4 is 10.6 Å². The van der Waals surface area contributed by atoms with Crippen molar-refractivity contribution in [1.82, 2.24) is 10.2 Å². The number of anilines is 1. The zero-order valence-corrected chi connectivity index (χ0v) is 13.4. The molecule has 9 heteroatoms. The molecule has 130 valence electrons. The molecule has 4 N–H and O–H groups in total. The summed E-state index contributed by atoms with van der Waals surface area (Å²) in [5, 5.41) is 22.0. The van der Waals surface area contributed by atoms with Gasteiger partial charge in [0.05, 0.1) is 18.3 Å². The second kappa shape index (κ2) is 8.18. The van der Waals surface area contributed by atoms with Crippen LogP contribution in [-0.4, -0.2) is 54.4 Å². The normalized spacial score (nSPS) is 18.8. The molecule has 1 aliphatic heterocycles. The summed E-state index contributed by atoms with van der Waals surface area (Å²) in [5.74, 6) is -2.46. The highest BCUT2D eigenvalue weighted by molar-refractivity contribution is 6.45. The third-order valence-electron chi connectivity index (χ3n) is 3.55. The quantitative estimate of drug-likeness (QED) is 0.471. The summed E-state index contributed by atoms with van der Waals surface area (Å²) >= 11 is 6.07. The molecule has 0 spiro atoms. The number of halogens is 3. The van der Waals surface area contributed by atoms with Crippen LogP contribution in [0.15, 0.2) is 28.9 Å². The topological polar surface area (TPSA) is 88.5 Å². The van der Waals surface area contributed by atoms with Crippen molar-refractivity contribution in [2.24, 2.45) is 0 Å². The van der Waals surface area contributed by atoms with Gasteiger partial charge in [-0.1, -0.05) is 11.6 Å². The smallest absolute Gasteiger partial charge is 0.269 e. The van der Waals surface area contributed by atoms with E-state index in [1.807, 2.05) is 0 Å². The Labute approximate surface area is 142 Å². The summed E-state index contributed by atoms with van der Waals surface area (Å²) < 4.78 is 26.4. The largest absolute Gasteiger partial charge is 0.394 e. The number of carbonyl (C=O) groups excluding carboxylic acids is 1. The molecule has 1 amide bonds. The Bertz CT molecular complexity index is 649. The minimum absolute atomic E-state index is 0.0843. The van der Waals surface area contributed by atoms with Crippen LogP contribution >= 0.6 is 11.6 Å². The first-order chi connectivity index (χ1) is 11.5. The second-order valence-electron chi connectivity index (χ2n) is 5.19. The molecule has 0 radical (unpaired) electrons. The molecule has 1 unspecified atom stereocenters. The van der Waals surface area contributed by atoms with E-state index < -0.39 is 17.5 Å². The van der Waals surface area contributed by atoms with E-state index in [1.165, 1.54) is 0 Å². The van der Waals surface area contributed by atoms with Gasteiger partial charge in [-0.25, -0.2) is 8.78 Å². The van der Waals surface area contributed by atoms with Crippen LogP contribution in [0.4, 0.5) is 14.5 Å². The summed E-state index contributed by atoms with van der Waals surface area (Å²) in [6.45, 7) is 1.36. The first kappa shape index (κ1) is 18.3. The molecular formula is C15H17ClF2N4O2. The van der Waals surface area contributed by atoms with E-state index in [9.17, 15) is 18.7 Å². The van der Waals surface area contributed by atoms with Gasteiger partial charge in [0.15, 0.2) is 0 Å². The maximum absolute atomic E-state index is 13.2. The molecule has 0 aliphatic carbocycles. The summed E-state index contributed by atoms with van der Waals surface area (Å²) in [7, 11) is 0. The maximum Gasteiger partial charge on any atom is 0.269 e. The SMILES string of the molecule is N=CC(=C(Cl)C(=O)Nc1cc(F)cc(F)c1)N1CCNCC1CO. The minimum Gasteiger partial charge on any atom is -0.394 e. The minimum atomic E-state index is -0.833. The standard InChI is InChI=1S/C15H17ClF2N4O2/c16-14(13(6-19)22-2-1-20-7-12(22)8-23)15(24)21-11-4-9(17)3-10(18)5-11/h3-6,12,19-20,23H,1-2,7-8H2,(H,21,24). The molecule has 1 aliphatic rings. The van der Waals surface area contributed by atoms with Crippen LogP contribution in [0.3, 0.4) is 0 Å². The van der Waals surface area contributed by atoms with E-state index in [0.29, 0.717) is 25.7 Å². The Balaban J connectivity index is 2.24. The maximum atomic E-state index is 13.2. The molecule has 0 aromatic heterocycles. The highest BCUT2D eigenvalue weighted by Crippen LogP contribution is 2.20. The fourth-order valence-electron chi connectivity index (χ4n) is 2.44. The molecule has 0 bridgehead atoms. The van der Waals surface area contributed by atoms with Gasteiger partial charge in [-0.2, -0.15) is 0 Å². The van der Waals surface area contributed by atoms with Crippen LogP contribution in [-0.2, 0) is 4.79 Å². The lowest BCUT2D eigenvalue weighted by atomic mass is 10.1. The molecule has 1 aromatic rings. The zero-order valence-electron chi connectivity index (χ0n) is 12.7. The number of rotatable bonds is 5. The number of hydrogen-bond donors (Lipinski definition) is 4. The lowest BCUT2D eigenvalue weighted by molar-refractivity contribution is -0.112. The Hall–Kier alpha value is -2.03. The van der Waals surface area contributed by atoms with Crippen molar-refractivity contribution in [3.05, 3.63) is 40.6 Å². The third kappa shape index (κ3) is 4.28. The number of nitrogens with one attached hydrogen (secondary N) is 3. The van der Waals surface area contributed by atoms with Crippen molar-refractivity contribution in [3.63, 3.8) is 0 Å². The summed E-state index contributed by atoms with van der Waals surface area (Å²) in [4.78, 5) is 13.9. The highest BCUT2D eigenvalue weighted by atomic mass is 35.5. The molecular weight excluding hydrogens is 342 g/mol. The summed E-state index contributed by atoms with van der Waals surface area (Å²) in [6, 6.07) is 2.26. The van der Waals surface area contributed by atoms with Crippen molar-refractivity contribution < 1.29 is 18.7 Å². The van der Waals surface area contributed by atoms with Gasteiger partial charge in [0, 0.05) is 37.6 Å². The monoisotopic (exact) mass is 358 g/mol. The number of carbonyl (C=O) groups is 1. The Morgan fingerprint density at radius 1 is 1.46 bits per heavy atom. The first-order valence-corrected chi connectivity index (χ1v) is 7.60. The number of aliphatic hydroxyl groups excluding tert-OH is 1. The molecule has 1 aromatic carbocycles. The van der Waals surface area contributed by atoms with Crippen LogP contribution in [0.5, 0.6) is 0 Å². The van der Waals surface area contributed by atoms with Crippen molar-refractivity contribution in [2.75, 3.05) is 31.6 Å². The highest BCUT2D eigenvalue weighted by Gasteiger charge is 2.26. The lowest BCUT2D eigenvalue weighted by Crippen LogP contribution is -2.52. The van der Waals surface area contributed by atoms with E-state index >= 15 is 0 Å². The fraction of sp³-hybridized carbons (Fsp3) is 0.333. The Morgan fingerprint density at radius 3 is 2.71 bits per heavy atom. The molecule has 6 nitrogen and oxygen atoms in total. The first-order valence-electron chi connectivity index (χ1n) is 7.22. The zero-order chi connectivity index (χ0) is 17.7. The summed E-state index contributed by atoms with van der Waals surface area (Å²) in [5.41, 5.74) is 0.0468. The molecule has 0 saturated carbocycles. The van der Waals surface area contributed by atoms with Crippen LogP contribution in [0.25, 0.3) is 0 Å². The number of hydrogen-bond acceptors (Lipinski definition) is 5. The van der Waals surface area contributed by atoms with Gasteiger partial charge in [0.2, 0.25) is 0 Å². The summed E-state index contributed by atoms with van der Waals surface area (Å²) in [6.07, 6.45) is 0.919. The molecule has 24 heavy (non-hydrogen) atoms. The van der Waals surface area contributed by atoms with Crippen molar-refractivity contribution in [2.45, 2.75) is 6.04 Å². The van der Waals surface area contributed by atoms with E-state index in [1.54, 1.807) is 4.90 Å². The number of piperazine rings is 1. The number of nitrogens with zero attached hydrogens (tertiary/aromatic N) is 1. The van der Waals surface area contributed by atoms with Gasteiger partial charge in [-0.3, -0.25) is 4.79 Å². The number of amides is 1. The van der Waals surface area contributed by atoms with Crippen LogP contribution in [0.1, 0.15) is 0 Å². The predicted octanol–water partition coefficient (Wildman–Crippen LogP) is 1.27. The lowest BCUT2D eigenvalue weighted by Gasteiger charge is -2.37. The van der Waals surface area contributed by atoms with E-state index in [-0.39, 0.29) is 29.1 Å². The van der Waals surface area contributed by atoms with Crippen molar-refractivity contribution in [1.29, 1.82) is 5.41 Å². The van der Waals surface area contributed by atoms with Crippen molar-refractivity contribution in [3.8, 4) is 0 Å². The van der Waals surface area contributed by atoms with Crippen LogP contribution in [0, 0.1) is 17.0 Å². The average Bonchev–Trinajstić information content (AvgIpc) is 2.54. The van der Waals surface area contributed by atoms with E-state index in [2.05, 4.69) is 10.6 Å². The van der Waals surface area contributed by atoms with Gasteiger partial charge < -0.3 is 26.0 Å². The fourth-order valence-corrected chi connectivity index (χ4v) is 2.65. The molecule has 1 fully saturated rings.